The van der Waals surface area contributed by atoms with E-state index in [0.29, 0.717) is 0 Å². The highest BCUT2D eigenvalue weighted by Crippen LogP contribution is 2.35. The van der Waals surface area contributed by atoms with Gasteiger partial charge in [0, 0.05) is 6.42 Å². The summed E-state index contributed by atoms with van der Waals surface area (Å²) in [6, 6.07) is 29.1. The van der Waals surface area contributed by atoms with Gasteiger partial charge in [0.25, 0.3) is 0 Å². The molecule has 30 heavy (non-hydrogen) atoms. The predicted octanol–water partition coefficient (Wildman–Crippen LogP) is 5.31. The Labute approximate surface area is 177 Å². The fraction of sp³-hybridized carbons (Fsp3) is 0.138. The van der Waals surface area contributed by atoms with Crippen molar-refractivity contribution in [3.8, 4) is 0 Å². The molecular formula is C29H23N. The highest BCUT2D eigenvalue weighted by molar-refractivity contribution is 5.85. The Morgan fingerprint density at radius 2 is 1.27 bits per heavy atom. The largest absolute Gasteiger partial charge is 0.248 e. The summed E-state index contributed by atoms with van der Waals surface area (Å²) in [5.41, 5.74) is 13.3. The number of aryl methyl sites for hydroxylation is 2. The quantitative estimate of drug-likeness (QED) is 0.336. The Kier molecular flexibility index (Phi) is 3.79. The average Bonchev–Trinajstić information content (AvgIpc) is 2.75. The van der Waals surface area contributed by atoms with Crippen molar-refractivity contribution in [2.75, 3.05) is 0 Å². The zero-order valence-electron chi connectivity index (χ0n) is 17.4. The van der Waals surface area contributed by atoms with Crippen molar-refractivity contribution >= 4 is 11.3 Å². The van der Waals surface area contributed by atoms with Crippen LogP contribution in [0.2, 0.25) is 0 Å². The number of para-hydroxylation sites is 1. The van der Waals surface area contributed by atoms with E-state index in [4.69, 9.17) is 4.99 Å². The molecule has 1 aliphatic carbocycles. The van der Waals surface area contributed by atoms with Gasteiger partial charge in [-0.25, -0.2) is 4.99 Å². The summed E-state index contributed by atoms with van der Waals surface area (Å²) in [4.78, 5) is 4.90. The van der Waals surface area contributed by atoms with E-state index in [0.717, 1.165) is 23.9 Å². The summed E-state index contributed by atoms with van der Waals surface area (Å²) in [6.45, 7) is 4.37. The van der Waals surface area contributed by atoms with Crippen molar-refractivity contribution in [3.05, 3.63) is 134 Å². The van der Waals surface area contributed by atoms with Crippen LogP contribution >= 0.6 is 0 Å². The minimum absolute atomic E-state index is 0.942. The number of hydrogen-bond acceptors (Lipinski definition) is 1. The number of rotatable bonds is 0. The topological polar surface area (TPSA) is 12.4 Å². The van der Waals surface area contributed by atoms with Crippen LogP contribution in [-0.4, -0.2) is 0 Å². The third-order valence-corrected chi connectivity index (χ3v) is 6.42. The van der Waals surface area contributed by atoms with Gasteiger partial charge in [-0.3, -0.25) is 0 Å². The Balaban J connectivity index is 1.65. The van der Waals surface area contributed by atoms with Crippen LogP contribution in [0.15, 0.2) is 83.9 Å². The highest BCUT2D eigenvalue weighted by atomic mass is 14.7. The van der Waals surface area contributed by atoms with Crippen LogP contribution in [-0.2, 0) is 12.8 Å². The molecule has 144 valence electrons. The van der Waals surface area contributed by atoms with E-state index in [9.17, 15) is 0 Å². The normalized spacial score (nSPS) is 13.6. The minimum Gasteiger partial charge on any atom is -0.248 e. The number of nitrogens with zero attached hydrogens (tertiary/aromatic N) is 1. The molecule has 0 radical (unpaired) electrons. The van der Waals surface area contributed by atoms with Crippen molar-refractivity contribution in [3.63, 3.8) is 0 Å². The molecule has 6 rings (SSSR count). The van der Waals surface area contributed by atoms with Crippen molar-refractivity contribution in [2.45, 2.75) is 26.7 Å². The molecular weight excluding hydrogens is 362 g/mol. The molecule has 0 bridgehead atoms. The molecule has 0 N–H and O–H groups in total. The zero-order valence-corrected chi connectivity index (χ0v) is 17.4. The van der Waals surface area contributed by atoms with E-state index in [-0.39, 0.29) is 0 Å². The molecule has 0 saturated carbocycles. The van der Waals surface area contributed by atoms with E-state index in [2.05, 4.69) is 92.7 Å². The minimum atomic E-state index is 0.942. The van der Waals surface area contributed by atoms with Crippen LogP contribution in [0.1, 0.15) is 44.5 Å². The first-order chi connectivity index (χ1) is 14.7. The molecule has 4 aromatic carbocycles. The Morgan fingerprint density at radius 1 is 0.600 bits per heavy atom. The molecule has 4 aromatic rings. The SMILES string of the molecule is Cc1ccc2c(c1)Cc1cc(C)ccc1C2=c1ccc2c(c1)Cc1ccccc1N=2. The van der Waals surface area contributed by atoms with Gasteiger partial charge in [-0.1, -0.05) is 71.8 Å². The lowest BCUT2D eigenvalue weighted by molar-refractivity contribution is 1.07. The van der Waals surface area contributed by atoms with Crippen molar-refractivity contribution in [1.29, 1.82) is 0 Å². The van der Waals surface area contributed by atoms with E-state index in [1.165, 1.54) is 55.3 Å². The molecule has 1 nitrogen and oxygen atoms in total. The maximum absolute atomic E-state index is 4.90. The number of hydrogen-bond donors (Lipinski definition) is 0. The third kappa shape index (κ3) is 2.74. The molecule has 1 aliphatic heterocycles. The molecule has 1 heteroatoms. The van der Waals surface area contributed by atoms with Crippen LogP contribution < -0.4 is 10.6 Å². The average molecular weight is 386 g/mol. The first kappa shape index (κ1) is 17.4. The molecule has 0 fully saturated rings. The smallest absolute Gasteiger partial charge is 0.0672 e. The number of benzene rings is 4. The maximum atomic E-state index is 4.90. The van der Waals surface area contributed by atoms with Crippen LogP contribution in [0.3, 0.4) is 0 Å². The van der Waals surface area contributed by atoms with E-state index >= 15 is 0 Å². The van der Waals surface area contributed by atoms with Crippen LogP contribution in [0.5, 0.6) is 0 Å². The zero-order chi connectivity index (χ0) is 20.2. The molecule has 0 unspecified atom stereocenters. The van der Waals surface area contributed by atoms with Crippen molar-refractivity contribution in [1.82, 2.24) is 0 Å². The summed E-state index contributed by atoms with van der Waals surface area (Å²) in [7, 11) is 0. The number of fused-ring (bicyclic) bond motifs is 4. The second-order valence-corrected chi connectivity index (χ2v) is 8.63. The van der Waals surface area contributed by atoms with Gasteiger partial charge in [0.2, 0.25) is 0 Å². The van der Waals surface area contributed by atoms with Gasteiger partial charge >= 0.3 is 0 Å². The van der Waals surface area contributed by atoms with Gasteiger partial charge in [0.1, 0.15) is 0 Å². The summed E-state index contributed by atoms with van der Waals surface area (Å²) < 4.78 is 0. The predicted molar refractivity (Wildman–Crippen MR) is 123 cm³/mol. The standard InChI is InChI=1S/C29H23N/c1-18-7-10-25-22(13-18)17-23-14-19(2)8-11-26(23)29(25)21-9-12-28-24(16-21)15-20-5-3-4-6-27(20)30-28/h3-14,16H,15,17H2,1-2H3. The fourth-order valence-corrected chi connectivity index (χ4v) is 4.98. The molecule has 0 spiro atoms. The lowest BCUT2D eigenvalue weighted by Crippen LogP contribution is -2.22. The Bertz CT molecular complexity index is 1400. The van der Waals surface area contributed by atoms with Gasteiger partial charge in [-0.05, 0) is 82.6 Å². The first-order valence-electron chi connectivity index (χ1n) is 10.7. The van der Waals surface area contributed by atoms with Gasteiger partial charge in [0.15, 0.2) is 0 Å². The molecule has 0 aromatic heterocycles. The maximum Gasteiger partial charge on any atom is 0.0672 e. The third-order valence-electron chi connectivity index (χ3n) is 6.42. The Hall–Kier alpha value is -3.45. The highest BCUT2D eigenvalue weighted by Gasteiger charge is 2.21. The Morgan fingerprint density at radius 3 is 2.00 bits per heavy atom. The van der Waals surface area contributed by atoms with Gasteiger partial charge < -0.3 is 0 Å². The molecule has 0 saturated heterocycles. The van der Waals surface area contributed by atoms with E-state index in [1.54, 1.807) is 0 Å². The fourth-order valence-electron chi connectivity index (χ4n) is 4.98. The second kappa shape index (κ2) is 6.53. The van der Waals surface area contributed by atoms with Crippen LogP contribution in [0, 0.1) is 13.8 Å². The lowest BCUT2D eigenvalue weighted by atomic mass is 9.80. The van der Waals surface area contributed by atoms with E-state index < -0.39 is 0 Å². The van der Waals surface area contributed by atoms with Gasteiger partial charge in [-0.15, -0.1) is 0 Å². The molecule has 0 amide bonds. The first-order valence-corrected chi connectivity index (χ1v) is 10.7. The molecule has 2 aliphatic rings. The van der Waals surface area contributed by atoms with E-state index in [1.807, 2.05) is 0 Å². The van der Waals surface area contributed by atoms with Crippen LogP contribution in [0.4, 0.5) is 5.69 Å². The van der Waals surface area contributed by atoms with Crippen molar-refractivity contribution < 1.29 is 0 Å². The monoisotopic (exact) mass is 385 g/mol. The molecule has 1 heterocycles. The van der Waals surface area contributed by atoms with Gasteiger partial charge in [-0.2, -0.15) is 0 Å². The van der Waals surface area contributed by atoms with Crippen LogP contribution in [0.25, 0.3) is 5.57 Å². The summed E-state index contributed by atoms with van der Waals surface area (Å²) in [5.74, 6) is 0. The lowest BCUT2D eigenvalue weighted by Gasteiger charge is -2.24. The molecule has 0 atom stereocenters. The summed E-state index contributed by atoms with van der Waals surface area (Å²) in [5, 5.41) is 2.39. The summed E-state index contributed by atoms with van der Waals surface area (Å²) >= 11 is 0. The second-order valence-electron chi connectivity index (χ2n) is 8.63. The van der Waals surface area contributed by atoms with Crippen molar-refractivity contribution in [2.24, 2.45) is 4.99 Å². The summed E-state index contributed by atoms with van der Waals surface area (Å²) in [6.07, 6.45) is 1.95. The van der Waals surface area contributed by atoms with Gasteiger partial charge in [0.05, 0.1) is 11.0 Å².